The van der Waals surface area contributed by atoms with Crippen LogP contribution in [0.5, 0.6) is 23.0 Å². The van der Waals surface area contributed by atoms with E-state index in [1.807, 2.05) is 0 Å². The molecule has 0 saturated carbocycles. The lowest BCUT2D eigenvalue weighted by atomic mass is 9.97. The zero-order valence-electron chi connectivity index (χ0n) is 23.5. The molecule has 0 spiro atoms. The van der Waals surface area contributed by atoms with E-state index in [-0.39, 0.29) is 30.3 Å². The zero-order valence-corrected chi connectivity index (χ0v) is 23.5. The van der Waals surface area contributed by atoms with Crippen LogP contribution in [0.3, 0.4) is 0 Å². The van der Waals surface area contributed by atoms with E-state index in [4.69, 9.17) is 23.7 Å². The Bertz CT molecular complexity index is 1300. The Kier molecular flexibility index (Phi) is 11.0. The van der Waals surface area contributed by atoms with Crippen molar-refractivity contribution in [3.63, 3.8) is 0 Å². The molecule has 15 nitrogen and oxygen atoms in total. The maximum absolute atomic E-state index is 12.8. The van der Waals surface area contributed by atoms with E-state index >= 15 is 0 Å². The second kappa shape index (κ2) is 14.5. The van der Waals surface area contributed by atoms with E-state index in [9.17, 15) is 50.8 Å². The highest BCUT2D eigenvalue weighted by molar-refractivity contribution is 5.87. The first-order valence-corrected chi connectivity index (χ1v) is 13.7. The number of esters is 1. The quantitative estimate of drug-likeness (QED) is 0.0873. The molecule has 0 aromatic heterocycles. The first kappa shape index (κ1) is 33.4. The molecule has 2 aromatic rings. The Morgan fingerprint density at radius 1 is 0.818 bits per heavy atom. The molecule has 0 bridgehead atoms. The van der Waals surface area contributed by atoms with Gasteiger partial charge in [-0.15, -0.1) is 0 Å². The predicted molar refractivity (Wildman–Crippen MR) is 147 cm³/mol. The van der Waals surface area contributed by atoms with Gasteiger partial charge in [-0.3, -0.25) is 0 Å². The molecule has 2 heterocycles. The minimum atomic E-state index is -1.77. The number of hydrogen-bond acceptors (Lipinski definition) is 15. The fourth-order valence-corrected chi connectivity index (χ4v) is 4.76. The first-order chi connectivity index (χ1) is 20.9. The van der Waals surface area contributed by atoms with Crippen molar-refractivity contribution in [3.8, 4) is 23.0 Å². The van der Waals surface area contributed by atoms with E-state index in [0.29, 0.717) is 11.1 Å². The van der Waals surface area contributed by atoms with E-state index in [1.165, 1.54) is 43.3 Å². The fourth-order valence-electron chi connectivity index (χ4n) is 4.76. The highest BCUT2D eigenvalue weighted by Crippen LogP contribution is 2.32. The molecule has 0 amide bonds. The number of aliphatic hydroxyl groups is 5. The lowest BCUT2D eigenvalue weighted by Crippen LogP contribution is -2.65. The van der Waals surface area contributed by atoms with Crippen molar-refractivity contribution in [2.75, 3.05) is 13.2 Å². The summed E-state index contributed by atoms with van der Waals surface area (Å²) < 4.78 is 28.2. The molecule has 2 aromatic carbocycles. The molecule has 44 heavy (non-hydrogen) atoms. The number of hydrogen-bond donors (Lipinski definition) is 9. The third-order valence-electron chi connectivity index (χ3n) is 7.27. The van der Waals surface area contributed by atoms with Gasteiger partial charge in [0.1, 0.15) is 36.6 Å². The van der Waals surface area contributed by atoms with Gasteiger partial charge >= 0.3 is 5.97 Å². The smallest absolute Gasteiger partial charge is 0.331 e. The van der Waals surface area contributed by atoms with Gasteiger partial charge in [-0.05, 0) is 54.8 Å². The maximum Gasteiger partial charge on any atom is 0.331 e. The number of carbonyl (C=O) groups is 1. The largest absolute Gasteiger partial charge is 0.504 e. The Balaban J connectivity index is 1.52. The molecule has 2 aliphatic heterocycles. The molecule has 0 radical (unpaired) electrons. The van der Waals surface area contributed by atoms with Gasteiger partial charge in [0, 0.05) is 6.08 Å². The molecular weight excluding hydrogens is 588 g/mol. The Labute approximate surface area is 251 Å². The van der Waals surface area contributed by atoms with Crippen LogP contribution in [-0.2, 0) is 34.9 Å². The highest BCUT2D eigenvalue weighted by atomic mass is 16.7. The van der Waals surface area contributed by atoms with Gasteiger partial charge in [-0.2, -0.15) is 0 Å². The Morgan fingerprint density at radius 2 is 1.50 bits per heavy atom. The molecular formula is C29H36O15. The van der Waals surface area contributed by atoms with Crippen LogP contribution in [0, 0.1) is 0 Å². The predicted octanol–water partition coefficient (Wildman–Crippen LogP) is -1.02. The highest BCUT2D eigenvalue weighted by Gasteiger charge is 2.52. The first-order valence-electron chi connectivity index (χ1n) is 13.7. The van der Waals surface area contributed by atoms with Gasteiger partial charge in [0.05, 0.1) is 19.3 Å². The average Bonchev–Trinajstić information content (AvgIpc) is 2.99. The molecule has 9 N–H and O–H groups in total. The number of ether oxygens (including phenoxy) is 5. The lowest BCUT2D eigenvalue weighted by molar-refractivity contribution is -0.357. The fraction of sp³-hybridized carbons (Fsp3) is 0.483. The van der Waals surface area contributed by atoms with Crippen molar-refractivity contribution in [2.24, 2.45) is 0 Å². The van der Waals surface area contributed by atoms with Gasteiger partial charge in [-0.25, -0.2) is 4.79 Å². The molecule has 242 valence electrons. The Morgan fingerprint density at radius 3 is 2.16 bits per heavy atom. The average molecular weight is 625 g/mol. The lowest BCUT2D eigenvalue weighted by Gasteiger charge is -2.46. The molecule has 4 rings (SSSR count). The van der Waals surface area contributed by atoms with Crippen LogP contribution in [0.25, 0.3) is 6.08 Å². The number of carbonyl (C=O) groups excluding carboxylic acids is 1. The number of phenols is 4. The minimum Gasteiger partial charge on any atom is -0.504 e. The van der Waals surface area contributed by atoms with Crippen molar-refractivity contribution >= 4 is 12.0 Å². The maximum atomic E-state index is 12.8. The van der Waals surface area contributed by atoms with Gasteiger partial charge in [0.15, 0.2) is 41.7 Å². The van der Waals surface area contributed by atoms with Crippen LogP contribution in [0.4, 0.5) is 0 Å². The molecule has 2 fully saturated rings. The van der Waals surface area contributed by atoms with E-state index < -0.39 is 79.7 Å². The summed E-state index contributed by atoms with van der Waals surface area (Å²) in [6.45, 7) is 0.606. The number of aromatic hydroxyl groups is 4. The van der Waals surface area contributed by atoms with Crippen LogP contribution in [0.15, 0.2) is 42.5 Å². The molecule has 10 atom stereocenters. The summed E-state index contributed by atoms with van der Waals surface area (Å²) in [6, 6.07) is 7.98. The van der Waals surface area contributed by atoms with E-state index in [2.05, 4.69) is 0 Å². The normalized spacial score (nSPS) is 32.5. The van der Waals surface area contributed by atoms with Crippen LogP contribution >= 0.6 is 0 Å². The van der Waals surface area contributed by atoms with Crippen LogP contribution in [0.2, 0.25) is 0 Å². The summed E-state index contributed by atoms with van der Waals surface area (Å²) in [5, 5.41) is 90.5. The van der Waals surface area contributed by atoms with E-state index in [0.717, 1.165) is 6.08 Å². The topological polar surface area (TPSA) is 245 Å². The zero-order chi connectivity index (χ0) is 32.1. The third-order valence-corrected chi connectivity index (χ3v) is 7.27. The van der Waals surface area contributed by atoms with Gasteiger partial charge in [0.25, 0.3) is 0 Å². The molecule has 2 aliphatic rings. The molecule has 0 aliphatic carbocycles. The molecule has 0 unspecified atom stereocenters. The SMILES string of the molecule is C[C@@H]1O[C@H](O[C@@H]2[C@@H](O)[C@H](OCCc3ccc(O)c(O)c3)O[C@@H](CO)[C@@H]2OC(=O)/C=C/c2ccc(O)c(O)c2)[C@H](O)[C@H](O)[C@H]1O. The summed E-state index contributed by atoms with van der Waals surface area (Å²) in [5.74, 6) is -2.40. The number of phenolic OH excluding ortho intramolecular Hbond substituents is 4. The number of aliphatic hydroxyl groups excluding tert-OH is 5. The second-order valence-electron chi connectivity index (χ2n) is 10.4. The van der Waals surface area contributed by atoms with Crippen LogP contribution in [0.1, 0.15) is 18.1 Å². The van der Waals surface area contributed by atoms with Crippen LogP contribution in [-0.4, -0.2) is 127 Å². The van der Waals surface area contributed by atoms with Gasteiger partial charge in [-0.1, -0.05) is 12.1 Å². The molecule has 2 saturated heterocycles. The number of rotatable bonds is 10. The summed E-state index contributed by atoms with van der Waals surface area (Å²) in [6.07, 6.45) is -12.6. The molecule has 15 heteroatoms. The van der Waals surface area contributed by atoms with Crippen molar-refractivity contribution in [1.82, 2.24) is 0 Å². The van der Waals surface area contributed by atoms with Crippen molar-refractivity contribution in [2.45, 2.75) is 74.8 Å². The summed E-state index contributed by atoms with van der Waals surface area (Å²) in [5.41, 5.74) is 0.914. The van der Waals surface area contributed by atoms with E-state index in [1.54, 1.807) is 6.07 Å². The van der Waals surface area contributed by atoms with Crippen molar-refractivity contribution in [1.29, 1.82) is 0 Å². The second-order valence-corrected chi connectivity index (χ2v) is 10.4. The van der Waals surface area contributed by atoms with Crippen molar-refractivity contribution < 1.29 is 74.4 Å². The standard InChI is InChI=1S/C29H36O15/c1-13-22(36)23(37)24(38)29(41-13)44-27-25(39)28(40-9-8-15-3-6-17(32)19(34)11-15)42-20(12-30)26(27)43-21(35)7-4-14-2-5-16(31)18(33)10-14/h2-7,10-11,13,20,22-34,36-39H,8-9,12H2,1H3/b7-4+/t13-,20-,22-,23+,24+,25+,26-,27+,28+,29+/m0/s1. The monoisotopic (exact) mass is 624 g/mol. The summed E-state index contributed by atoms with van der Waals surface area (Å²) in [7, 11) is 0. The summed E-state index contributed by atoms with van der Waals surface area (Å²) >= 11 is 0. The van der Waals surface area contributed by atoms with Crippen molar-refractivity contribution in [3.05, 3.63) is 53.6 Å². The Hall–Kier alpha value is -3.51. The van der Waals surface area contributed by atoms with Gasteiger partial charge < -0.3 is 69.6 Å². The van der Waals surface area contributed by atoms with Crippen LogP contribution < -0.4 is 0 Å². The van der Waals surface area contributed by atoms with Gasteiger partial charge in [0.2, 0.25) is 0 Å². The summed E-state index contributed by atoms with van der Waals surface area (Å²) in [4.78, 5) is 12.8. The number of benzene rings is 2. The minimum absolute atomic E-state index is 0.0754. The third kappa shape index (κ3) is 7.76.